The number of rotatable bonds is 7. The Bertz CT molecular complexity index is 1470. The Labute approximate surface area is 236 Å². The number of hydrogen-bond donors (Lipinski definition) is 1. The lowest BCUT2D eigenvalue weighted by atomic mass is 10.1. The summed E-state index contributed by atoms with van der Waals surface area (Å²) in [5, 5.41) is 2.77. The molecule has 3 aromatic carbocycles. The van der Waals surface area contributed by atoms with Crippen LogP contribution in [0.15, 0.2) is 66.2 Å². The van der Waals surface area contributed by atoms with Crippen LogP contribution in [0.25, 0.3) is 6.08 Å². The van der Waals surface area contributed by atoms with Crippen LogP contribution in [0.5, 0.6) is 11.5 Å². The fourth-order valence-electron chi connectivity index (χ4n) is 3.67. The minimum absolute atomic E-state index is 0.176. The summed E-state index contributed by atoms with van der Waals surface area (Å²) in [6, 6.07) is 15.4. The van der Waals surface area contributed by atoms with E-state index in [4.69, 9.17) is 21.1 Å². The van der Waals surface area contributed by atoms with E-state index < -0.39 is 23.8 Å². The minimum Gasteiger partial charge on any atom is -0.493 e. The van der Waals surface area contributed by atoms with Crippen molar-refractivity contribution in [3.63, 3.8) is 0 Å². The van der Waals surface area contributed by atoms with Gasteiger partial charge in [-0.3, -0.25) is 14.9 Å². The van der Waals surface area contributed by atoms with Crippen molar-refractivity contribution < 1.29 is 33.4 Å². The van der Waals surface area contributed by atoms with Gasteiger partial charge in [0.1, 0.15) is 12.2 Å². The topological polar surface area (TPSA) is 111 Å². The standard InChI is InChI=1S/C27H20ClIN2O7/c1-36-22-13-16(12-21(29)23(22)38-14-15-4-3-5-18(28)10-15)11-20-24(32)30-27(35)31(25(20)33)19-8-6-17(7-9-19)26(34)37-2/h3-13H,14H2,1-2H3,(H,30,32,35)/b20-11+. The number of imide groups is 2. The summed E-state index contributed by atoms with van der Waals surface area (Å²) in [6.45, 7) is 0.250. The number of ether oxygens (including phenoxy) is 3. The van der Waals surface area contributed by atoms with Gasteiger partial charge in [-0.2, -0.15) is 0 Å². The number of barbiturate groups is 1. The second kappa shape index (κ2) is 11.7. The van der Waals surface area contributed by atoms with Crippen LogP contribution < -0.4 is 19.7 Å². The van der Waals surface area contributed by atoms with Crippen LogP contribution in [-0.4, -0.2) is 38.0 Å². The lowest BCUT2D eigenvalue weighted by Crippen LogP contribution is -2.54. The molecule has 4 rings (SSSR count). The molecule has 0 aromatic heterocycles. The third-order valence-electron chi connectivity index (χ3n) is 5.48. The molecular weight excluding hydrogens is 627 g/mol. The zero-order chi connectivity index (χ0) is 27.4. The van der Waals surface area contributed by atoms with E-state index in [9.17, 15) is 19.2 Å². The SMILES string of the molecule is COC(=O)c1ccc(N2C(=O)NC(=O)/C(=C\c3cc(I)c(OCc4cccc(Cl)c4)c(OC)c3)C2=O)cc1. The molecule has 4 amide bonds. The van der Waals surface area contributed by atoms with Crippen molar-refractivity contribution in [3.8, 4) is 11.5 Å². The fourth-order valence-corrected chi connectivity index (χ4v) is 4.66. The van der Waals surface area contributed by atoms with Gasteiger partial charge in [0.15, 0.2) is 11.5 Å². The number of anilines is 1. The van der Waals surface area contributed by atoms with E-state index >= 15 is 0 Å². The molecule has 0 bridgehead atoms. The highest BCUT2D eigenvalue weighted by atomic mass is 127. The smallest absolute Gasteiger partial charge is 0.337 e. The molecule has 0 atom stereocenters. The Balaban J connectivity index is 1.62. The van der Waals surface area contributed by atoms with E-state index in [1.165, 1.54) is 44.6 Å². The van der Waals surface area contributed by atoms with E-state index in [1.54, 1.807) is 24.3 Å². The first kappa shape index (κ1) is 27.1. The summed E-state index contributed by atoms with van der Waals surface area (Å²) in [7, 11) is 2.72. The molecule has 1 aliphatic heterocycles. The average molecular weight is 647 g/mol. The van der Waals surface area contributed by atoms with Crippen molar-refractivity contribution in [2.45, 2.75) is 6.61 Å². The van der Waals surface area contributed by atoms with Crippen LogP contribution in [0, 0.1) is 3.57 Å². The molecule has 11 heteroatoms. The monoisotopic (exact) mass is 646 g/mol. The van der Waals surface area contributed by atoms with E-state index in [-0.39, 0.29) is 23.4 Å². The number of carbonyl (C=O) groups is 4. The van der Waals surface area contributed by atoms with Crippen LogP contribution in [0.1, 0.15) is 21.5 Å². The quantitative estimate of drug-likeness (QED) is 0.167. The van der Waals surface area contributed by atoms with Gasteiger partial charge in [0.05, 0.1) is 29.0 Å². The van der Waals surface area contributed by atoms with E-state index in [0.29, 0.717) is 25.7 Å². The lowest BCUT2D eigenvalue weighted by molar-refractivity contribution is -0.122. The molecule has 1 N–H and O–H groups in total. The summed E-state index contributed by atoms with van der Waals surface area (Å²) in [5.74, 6) is -1.35. The Kier molecular flexibility index (Phi) is 8.32. The Hall–Kier alpha value is -3.90. The lowest BCUT2D eigenvalue weighted by Gasteiger charge is -2.26. The predicted molar refractivity (Wildman–Crippen MR) is 148 cm³/mol. The molecule has 1 heterocycles. The number of halogens is 2. The number of methoxy groups -OCH3 is 2. The van der Waals surface area contributed by atoms with Gasteiger partial charge in [0, 0.05) is 5.02 Å². The highest BCUT2D eigenvalue weighted by Crippen LogP contribution is 2.35. The Morgan fingerprint density at radius 3 is 2.45 bits per heavy atom. The van der Waals surface area contributed by atoms with Gasteiger partial charge in [-0.05, 0) is 88.3 Å². The Morgan fingerprint density at radius 2 is 1.79 bits per heavy atom. The van der Waals surface area contributed by atoms with Crippen molar-refractivity contribution in [2.75, 3.05) is 19.1 Å². The fraction of sp³-hybridized carbons (Fsp3) is 0.111. The molecule has 0 aliphatic carbocycles. The number of urea groups is 1. The molecule has 9 nitrogen and oxygen atoms in total. The van der Waals surface area contributed by atoms with E-state index in [2.05, 4.69) is 32.6 Å². The zero-order valence-electron chi connectivity index (χ0n) is 20.1. The number of nitrogens with zero attached hydrogens (tertiary/aromatic N) is 1. The van der Waals surface area contributed by atoms with Gasteiger partial charge in [-0.15, -0.1) is 0 Å². The summed E-state index contributed by atoms with van der Waals surface area (Å²) >= 11 is 8.11. The molecule has 0 spiro atoms. The van der Waals surface area contributed by atoms with Gasteiger partial charge < -0.3 is 14.2 Å². The maximum atomic E-state index is 13.2. The molecule has 38 heavy (non-hydrogen) atoms. The largest absolute Gasteiger partial charge is 0.493 e. The second-order valence-electron chi connectivity index (χ2n) is 7.95. The summed E-state index contributed by atoms with van der Waals surface area (Å²) < 4.78 is 16.8. The maximum absolute atomic E-state index is 13.2. The molecule has 1 fully saturated rings. The van der Waals surface area contributed by atoms with Crippen LogP contribution in [-0.2, 0) is 20.9 Å². The Morgan fingerprint density at radius 1 is 1.05 bits per heavy atom. The number of carbonyl (C=O) groups excluding carboxylic acids is 4. The van der Waals surface area contributed by atoms with Crippen LogP contribution in [0.3, 0.4) is 0 Å². The number of hydrogen-bond acceptors (Lipinski definition) is 7. The van der Waals surface area contributed by atoms with Gasteiger partial charge in [-0.1, -0.05) is 23.7 Å². The molecule has 1 saturated heterocycles. The first-order chi connectivity index (χ1) is 18.2. The van der Waals surface area contributed by atoms with Crippen molar-refractivity contribution >= 4 is 69.8 Å². The highest BCUT2D eigenvalue weighted by molar-refractivity contribution is 14.1. The van der Waals surface area contributed by atoms with Crippen LogP contribution in [0.2, 0.25) is 5.02 Å². The summed E-state index contributed by atoms with van der Waals surface area (Å²) in [6.07, 6.45) is 1.37. The second-order valence-corrected chi connectivity index (χ2v) is 9.55. The maximum Gasteiger partial charge on any atom is 0.337 e. The van der Waals surface area contributed by atoms with Gasteiger partial charge >= 0.3 is 12.0 Å². The van der Waals surface area contributed by atoms with E-state index in [0.717, 1.165) is 10.5 Å². The molecule has 0 radical (unpaired) electrons. The van der Waals surface area contributed by atoms with Crippen LogP contribution in [0.4, 0.5) is 10.5 Å². The molecule has 194 valence electrons. The normalized spacial score (nSPS) is 14.4. The molecule has 0 saturated carbocycles. The van der Waals surface area contributed by atoms with Crippen molar-refractivity contribution in [1.29, 1.82) is 0 Å². The molecular formula is C27H20ClIN2O7. The van der Waals surface area contributed by atoms with Gasteiger partial charge in [0.2, 0.25) is 0 Å². The first-order valence-corrected chi connectivity index (χ1v) is 12.5. The molecule has 1 aliphatic rings. The molecule has 3 aromatic rings. The van der Waals surface area contributed by atoms with Crippen LogP contribution >= 0.6 is 34.2 Å². The molecule has 0 unspecified atom stereocenters. The number of esters is 1. The van der Waals surface area contributed by atoms with E-state index in [1.807, 2.05) is 12.1 Å². The van der Waals surface area contributed by atoms with Crippen molar-refractivity contribution in [1.82, 2.24) is 5.32 Å². The summed E-state index contributed by atoms with van der Waals surface area (Å²) in [4.78, 5) is 50.9. The third kappa shape index (κ3) is 5.81. The highest BCUT2D eigenvalue weighted by Gasteiger charge is 2.37. The first-order valence-electron chi connectivity index (χ1n) is 11.1. The average Bonchev–Trinajstić information content (AvgIpc) is 2.90. The number of amides is 4. The summed E-state index contributed by atoms with van der Waals surface area (Å²) in [5.41, 5.74) is 1.51. The van der Waals surface area contributed by atoms with Crippen molar-refractivity contribution in [3.05, 3.63) is 91.5 Å². The number of benzene rings is 3. The number of nitrogens with one attached hydrogen (secondary N) is 1. The van der Waals surface area contributed by atoms with Crippen molar-refractivity contribution in [2.24, 2.45) is 0 Å². The van der Waals surface area contributed by atoms with Gasteiger partial charge in [0.25, 0.3) is 11.8 Å². The third-order valence-corrected chi connectivity index (χ3v) is 6.52. The zero-order valence-corrected chi connectivity index (χ0v) is 23.0. The van der Waals surface area contributed by atoms with Gasteiger partial charge in [-0.25, -0.2) is 14.5 Å². The predicted octanol–water partition coefficient (Wildman–Crippen LogP) is 4.99. The minimum atomic E-state index is -0.903.